The van der Waals surface area contributed by atoms with Crippen molar-refractivity contribution >= 4 is 27.5 Å². The van der Waals surface area contributed by atoms with Crippen molar-refractivity contribution in [1.29, 1.82) is 0 Å². The van der Waals surface area contributed by atoms with Gasteiger partial charge in [0.2, 0.25) is 11.8 Å². The van der Waals surface area contributed by atoms with Gasteiger partial charge >= 0.3 is 0 Å². The van der Waals surface area contributed by atoms with Crippen molar-refractivity contribution in [2.24, 2.45) is 5.41 Å². The molecule has 8 nitrogen and oxygen atoms in total. The number of hydrogen-bond acceptors (Lipinski definition) is 6. The van der Waals surface area contributed by atoms with Crippen molar-refractivity contribution < 1.29 is 18.0 Å². The minimum Gasteiger partial charge on any atom is -0.353 e. The van der Waals surface area contributed by atoms with E-state index < -0.39 is 15.3 Å². The molecule has 1 aliphatic carbocycles. The van der Waals surface area contributed by atoms with E-state index in [0.29, 0.717) is 45.4 Å². The molecule has 27 heavy (non-hydrogen) atoms. The van der Waals surface area contributed by atoms with E-state index in [1.54, 1.807) is 11.1 Å². The molecular weight excluding hydrogens is 368 g/mol. The largest absolute Gasteiger partial charge is 0.353 e. The molecule has 3 heterocycles. The van der Waals surface area contributed by atoms with Crippen LogP contribution in [0.15, 0.2) is 24.4 Å². The van der Waals surface area contributed by atoms with Crippen LogP contribution in [0.25, 0.3) is 0 Å². The van der Waals surface area contributed by atoms with E-state index in [2.05, 4.69) is 15.2 Å². The lowest BCUT2D eigenvalue weighted by molar-refractivity contribution is -0.144. The lowest BCUT2D eigenvalue weighted by Crippen LogP contribution is -2.54. The van der Waals surface area contributed by atoms with Gasteiger partial charge in [0.25, 0.3) is 0 Å². The topological polar surface area (TPSA) is 99.7 Å². The second-order valence-electron chi connectivity index (χ2n) is 7.62. The highest BCUT2D eigenvalue weighted by Gasteiger charge is 2.58. The molecule has 4 rings (SSSR count). The lowest BCUT2D eigenvalue weighted by Gasteiger charge is -2.37. The van der Waals surface area contributed by atoms with Crippen molar-refractivity contribution in [3.05, 3.63) is 24.4 Å². The third-order valence-corrected chi connectivity index (χ3v) is 7.47. The highest BCUT2D eigenvalue weighted by Crippen LogP contribution is 2.48. The SMILES string of the molecule is O=C(NC1CCS(=O)(=O)C1)C1(C(=O)N2CCN(c3ccccn3)CC2)CC1. The van der Waals surface area contributed by atoms with Crippen LogP contribution >= 0.6 is 0 Å². The van der Waals surface area contributed by atoms with E-state index in [0.717, 1.165) is 5.82 Å². The number of carbonyl (C=O) groups excluding carboxylic acids is 2. The van der Waals surface area contributed by atoms with Gasteiger partial charge in [-0.3, -0.25) is 9.59 Å². The van der Waals surface area contributed by atoms with Crippen LogP contribution in [0.5, 0.6) is 0 Å². The molecule has 3 fully saturated rings. The lowest BCUT2D eigenvalue weighted by atomic mass is 10.0. The number of aromatic nitrogens is 1. The highest BCUT2D eigenvalue weighted by molar-refractivity contribution is 7.91. The predicted octanol–water partition coefficient (Wildman–Crippen LogP) is -0.186. The third-order valence-electron chi connectivity index (χ3n) is 5.70. The molecule has 3 aliphatic rings. The quantitative estimate of drug-likeness (QED) is 0.714. The van der Waals surface area contributed by atoms with Crippen LogP contribution in [0.1, 0.15) is 19.3 Å². The number of anilines is 1. The Hall–Kier alpha value is -2.16. The first-order valence-electron chi connectivity index (χ1n) is 9.36. The second-order valence-corrected chi connectivity index (χ2v) is 9.85. The minimum atomic E-state index is -3.06. The molecular formula is C18H24N4O4S. The van der Waals surface area contributed by atoms with E-state index in [4.69, 9.17) is 0 Å². The van der Waals surface area contributed by atoms with Crippen LogP contribution < -0.4 is 10.2 Å². The number of piperazine rings is 1. The molecule has 1 saturated carbocycles. The molecule has 1 N–H and O–H groups in total. The van der Waals surface area contributed by atoms with Crippen molar-refractivity contribution in [1.82, 2.24) is 15.2 Å². The summed E-state index contributed by atoms with van der Waals surface area (Å²) in [6.07, 6.45) is 3.26. The summed E-state index contributed by atoms with van der Waals surface area (Å²) in [5, 5.41) is 2.81. The average molecular weight is 392 g/mol. The Bertz CT molecular complexity index is 830. The normalized spacial score (nSPS) is 25.9. The summed E-state index contributed by atoms with van der Waals surface area (Å²) < 4.78 is 23.2. The summed E-state index contributed by atoms with van der Waals surface area (Å²) in [4.78, 5) is 33.9. The highest BCUT2D eigenvalue weighted by atomic mass is 32.2. The number of sulfone groups is 1. The number of hydrogen-bond donors (Lipinski definition) is 1. The Balaban J connectivity index is 1.35. The number of nitrogens with zero attached hydrogens (tertiary/aromatic N) is 3. The second kappa shape index (κ2) is 6.78. The molecule has 2 amide bonds. The molecule has 0 spiro atoms. The van der Waals surface area contributed by atoms with Crippen LogP contribution in [-0.2, 0) is 19.4 Å². The molecule has 0 aromatic carbocycles. The maximum absolute atomic E-state index is 13.0. The van der Waals surface area contributed by atoms with Gasteiger partial charge in [0, 0.05) is 38.4 Å². The van der Waals surface area contributed by atoms with Crippen LogP contribution in [0.2, 0.25) is 0 Å². The van der Waals surface area contributed by atoms with Crippen molar-refractivity contribution in [3.8, 4) is 0 Å². The number of pyridine rings is 1. The van der Waals surface area contributed by atoms with Gasteiger partial charge < -0.3 is 15.1 Å². The van der Waals surface area contributed by atoms with E-state index in [9.17, 15) is 18.0 Å². The smallest absolute Gasteiger partial charge is 0.238 e. The first-order valence-corrected chi connectivity index (χ1v) is 11.2. The summed E-state index contributed by atoms with van der Waals surface area (Å²) >= 11 is 0. The van der Waals surface area contributed by atoms with Crippen LogP contribution in [0.4, 0.5) is 5.82 Å². The Labute approximate surface area is 158 Å². The predicted molar refractivity (Wildman–Crippen MR) is 99.9 cm³/mol. The summed E-state index contributed by atoms with van der Waals surface area (Å²) in [6.45, 7) is 2.48. The average Bonchev–Trinajstić information content (AvgIpc) is 3.42. The van der Waals surface area contributed by atoms with Gasteiger partial charge in [0.1, 0.15) is 11.2 Å². The Morgan fingerprint density at radius 2 is 1.89 bits per heavy atom. The molecule has 2 aliphatic heterocycles. The Morgan fingerprint density at radius 3 is 2.44 bits per heavy atom. The van der Waals surface area contributed by atoms with E-state index in [1.807, 2.05) is 18.2 Å². The van der Waals surface area contributed by atoms with Crippen LogP contribution in [0.3, 0.4) is 0 Å². The van der Waals surface area contributed by atoms with Gasteiger partial charge in [0.05, 0.1) is 11.5 Å². The van der Waals surface area contributed by atoms with E-state index in [1.165, 1.54) is 0 Å². The minimum absolute atomic E-state index is 0.0221. The molecule has 1 unspecified atom stereocenters. The summed E-state index contributed by atoms with van der Waals surface area (Å²) in [7, 11) is -3.06. The fourth-order valence-corrected chi connectivity index (χ4v) is 5.55. The molecule has 2 saturated heterocycles. The third kappa shape index (κ3) is 3.65. The summed E-state index contributed by atoms with van der Waals surface area (Å²) in [5.74, 6) is 0.550. The fourth-order valence-electron chi connectivity index (χ4n) is 3.88. The van der Waals surface area contributed by atoms with Crippen molar-refractivity contribution in [2.45, 2.75) is 25.3 Å². The van der Waals surface area contributed by atoms with Gasteiger partial charge in [-0.15, -0.1) is 0 Å². The molecule has 1 aromatic heterocycles. The molecule has 9 heteroatoms. The Morgan fingerprint density at radius 1 is 1.15 bits per heavy atom. The van der Waals surface area contributed by atoms with Crippen LogP contribution in [-0.4, -0.2) is 73.8 Å². The molecule has 146 valence electrons. The van der Waals surface area contributed by atoms with Gasteiger partial charge in [-0.05, 0) is 31.4 Å². The summed E-state index contributed by atoms with van der Waals surface area (Å²) in [6, 6.07) is 5.39. The zero-order chi connectivity index (χ0) is 19.1. The molecule has 0 radical (unpaired) electrons. The maximum Gasteiger partial charge on any atom is 0.238 e. The first-order chi connectivity index (χ1) is 12.9. The summed E-state index contributed by atoms with van der Waals surface area (Å²) in [5.41, 5.74) is -0.987. The van der Waals surface area contributed by atoms with E-state index in [-0.39, 0.29) is 29.4 Å². The van der Waals surface area contributed by atoms with Gasteiger partial charge in [0.15, 0.2) is 9.84 Å². The van der Waals surface area contributed by atoms with E-state index >= 15 is 0 Å². The number of carbonyl (C=O) groups is 2. The maximum atomic E-state index is 13.0. The van der Waals surface area contributed by atoms with Gasteiger partial charge in [-0.2, -0.15) is 0 Å². The van der Waals surface area contributed by atoms with Crippen LogP contribution in [0, 0.1) is 5.41 Å². The molecule has 1 atom stereocenters. The Kier molecular flexibility index (Phi) is 4.57. The number of amides is 2. The van der Waals surface area contributed by atoms with Crippen molar-refractivity contribution in [3.63, 3.8) is 0 Å². The monoisotopic (exact) mass is 392 g/mol. The van der Waals surface area contributed by atoms with Crippen molar-refractivity contribution in [2.75, 3.05) is 42.6 Å². The zero-order valence-electron chi connectivity index (χ0n) is 15.1. The van der Waals surface area contributed by atoms with Gasteiger partial charge in [-0.1, -0.05) is 6.07 Å². The standard InChI is InChI=1S/C18H24N4O4S/c23-16(20-14-4-12-27(25,26)13-14)18(5-6-18)17(24)22-10-8-21(9-11-22)15-3-1-2-7-19-15/h1-3,7,14H,4-6,8-13H2,(H,20,23). The number of rotatable bonds is 4. The first kappa shape index (κ1) is 18.2. The molecule has 1 aromatic rings. The number of nitrogens with one attached hydrogen (secondary N) is 1. The molecule has 0 bridgehead atoms. The van der Waals surface area contributed by atoms with Gasteiger partial charge in [-0.25, -0.2) is 13.4 Å². The fraction of sp³-hybridized carbons (Fsp3) is 0.611. The zero-order valence-corrected chi connectivity index (χ0v) is 16.0.